The van der Waals surface area contributed by atoms with Gasteiger partial charge in [-0.05, 0) is 24.8 Å². The van der Waals surface area contributed by atoms with Gasteiger partial charge < -0.3 is 10.0 Å². The van der Waals surface area contributed by atoms with Crippen LogP contribution in [0.2, 0.25) is 0 Å². The van der Waals surface area contributed by atoms with E-state index >= 15 is 0 Å². The van der Waals surface area contributed by atoms with Crippen LogP contribution in [0.25, 0.3) is 0 Å². The summed E-state index contributed by atoms with van der Waals surface area (Å²) in [6.07, 6.45) is 7.86. The van der Waals surface area contributed by atoms with Crippen molar-refractivity contribution in [3.63, 3.8) is 0 Å². The molecule has 2 heterocycles. The summed E-state index contributed by atoms with van der Waals surface area (Å²) in [6, 6.07) is 1.75. The third-order valence-corrected chi connectivity index (χ3v) is 3.90. The number of carbonyl (C=O) groups excluding carboxylic acids is 1. The lowest BCUT2D eigenvalue weighted by Gasteiger charge is -2.32. The fourth-order valence-corrected chi connectivity index (χ4v) is 2.78. The van der Waals surface area contributed by atoms with Crippen LogP contribution in [-0.4, -0.2) is 40.6 Å². The number of amides is 1. The maximum atomic E-state index is 12.5. The summed E-state index contributed by atoms with van der Waals surface area (Å²) in [6.45, 7) is 3.68. The van der Waals surface area contributed by atoms with Crippen LogP contribution in [0.15, 0.2) is 18.5 Å². The number of nitrogens with zero attached hydrogens (tertiary/aromatic N) is 2. The summed E-state index contributed by atoms with van der Waals surface area (Å²) in [5, 5.41) is 8.71. The van der Waals surface area contributed by atoms with E-state index in [0.29, 0.717) is 11.1 Å². The van der Waals surface area contributed by atoms with E-state index in [1.165, 1.54) is 12.8 Å². The molecular formula is C17H22N2O2. The Morgan fingerprint density at radius 2 is 2.19 bits per heavy atom. The topological polar surface area (TPSA) is 53.4 Å². The predicted octanol–water partition coefficient (Wildman–Crippen LogP) is 2.08. The van der Waals surface area contributed by atoms with Crippen molar-refractivity contribution in [2.45, 2.75) is 32.6 Å². The van der Waals surface area contributed by atoms with Crippen molar-refractivity contribution >= 4 is 5.91 Å². The third kappa shape index (κ3) is 4.30. The van der Waals surface area contributed by atoms with Gasteiger partial charge in [-0.1, -0.05) is 31.6 Å². The molecule has 1 aliphatic heterocycles. The second kappa shape index (κ2) is 7.80. The molecule has 1 N–H and O–H groups in total. The molecule has 0 bridgehead atoms. The molecular weight excluding hydrogens is 264 g/mol. The predicted molar refractivity (Wildman–Crippen MR) is 81.7 cm³/mol. The van der Waals surface area contributed by atoms with Crippen molar-refractivity contribution in [3.8, 4) is 11.8 Å². The van der Waals surface area contributed by atoms with Gasteiger partial charge in [-0.25, -0.2) is 0 Å². The number of hydrogen-bond donors (Lipinski definition) is 1. The molecule has 0 aromatic carbocycles. The molecule has 0 radical (unpaired) electrons. The normalized spacial score (nSPS) is 15.4. The largest absolute Gasteiger partial charge is 0.384 e. The fourth-order valence-electron chi connectivity index (χ4n) is 2.78. The summed E-state index contributed by atoms with van der Waals surface area (Å²) in [4.78, 5) is 18.5. The minimum atomic E-state index is -0.191. The number of aliphatic hydroxyl groups excluding tert-OH is 1. The van der Waals surface area contributed by atoms with Crippen molar-refractivity contribution in [1.29, 1.82) is 0 Å². The van der Waals surface area contributed by atoms with E-state index in [9.17, 15) is 4.79 Å². The summed E-state index contributed by atoms with van der Waals surface area (Å²) in [5.41, 5.74) is 1.24. The molecule has 1 aromatic heterocycles. The van der Waals surface area contributed by atoms with E-state index in [0.717, 1.165) is 31.8 Å². The van der Waals surface area contributed by atoms with Crippen LogP contribution in [0.1, 0.15) is 48.5 Å². The highest BCUT2D eigenvalue weighted by atomic mass is 16.2. The molecule has 1 fully saturated rings. The Morgan fingerprint density at radius 3 is 2.86 bits per heavy atom. The monoisotopic (exact) mass is 286 g/mol. The first-order valence-corrected chi connectivity index (χ1v) is 7.58. The molecule has 1 aromatic rings. The smallest absolute Gasteiger partial charge is 0.255 e. The number of likely N-dealkylation sites (tertiary alicyclic amines) is 1. The van der Waals surface area contributed by atoms with E-state index in [1.54, 1.807) is 18.5 Å². The SMILES string of the molecule is CCCC1CCN(C(=O)c2cncc(C#CCO)c2)CC1. The number of piperidine rings is 1. The molecule has 1 aliphatic rings. The van der Waals surface area contributed by atoms with Crippen LogP contribution < -0.4 is 0 Å². The average molecular weight is 286 g/mol. The van der Waals surface area contributed by atoms with Crippen LogP contribution in [0.4, 0.5) is 0 Å². The summed E-state index contributed by atoms with van der Waals surface area (Å²) >= 11 is 0. The van der Waals surface area contributed by atoms with Gasteiger partial charge in [-0.15, -0.1) is 0 Å². The third-order valence-electron chi connectivity index (χ3n) is 3.90. The van der Waals surface area contributed by atoms with Gasteiger partial charge in [-0.2, -0.15) is 0 Å². The zero-order chi connectivity index (χ0) is 15.1. The summed E-state index contributed by atoms with van der Waals surface area (Å²) in [5.74, 6) is 6.15. The summed E-state index contributed by atoms with van der Waals surface area (Å²) in [7, 11) is 0. The van der Waals surface area contributed by atoms with Gasteiger partial charge in [0.2, 0.25) is 0 Å². The number of rotatable bonds is 3. The number of pyridine rings is 1. The van der Waals surface area contributed by atoms with Gasteiger partial charge in [-0.3, -0.25) is 9.78 Å². The molecule has 1 saturated heterocycles. The molecule has 0 unspecified atom stereocenters. The lowest BCUT2D eigenvalue weighted by Crippen LogP contribution is -2.38. The van der Waals surface area contributed by atoms with Crippen LogP contribution >= 0.6 is 0 Å². The van der Waals surface area contributed by atoms with Gasteiger partial charge in [0.05, 0.1) is 5.56 Å². The first-order chi connectivity index (χ1) is 10.2. The molecule has 1 amide bonds. The minimum absolute atomic E-state index is 0.0325. The van der Waals surface area contributed by atoms with Crippen molar-refractivity contribution in [2.75, 3.05) is 19.7 Å². The van der Waals surface area contributed by atoms with Crippen LogP contribution in [0.3, 0.4) is 0 Å². The standard InChI is InChI=1S/C17H22N2O2/c1-2-4-14-6-8-19(9-7-14)17(21)16-11-15(5-3-10-20)12-18-13-16/h11-14,20H,2,4,6-10H2,1H3. The van der Waals surface area contributed by atoms with Gasteiger partial charge >= 0.3 is 0 Å². The maximum absolute atomic E-state index is 12.5. The van der Waals surface area contributed by atoms with E-state index < -0.39 is 0 Å². The van der Waals surface area contributed by atoms with E-state index in [-0.39, 0.29) is 12.5 Å². The summed E-state index contributed by atoms with van der Waals surface area (Å²) < 4.78 is 0. The van der Waals surface area contributed by atoms with E-state index in [4.69, 9.17) is 5.11 Å². The minimum Gasteiger partial charge on any atom is -0.384 e. The lowest BCUT2D eigenvalue weighted by atomic mass is 9.92. The number of hydrogen-bond acceptors (Lipinski definition) is 3. The highest BCUT2D eigenvalue weighted by Gasteiger charge is 2.23. The van der Waals surface area contributed by atoms with Crippen molar-refractivity contribution < 1.29 is 9.90 Å². The Hall–Kier alpha value is -1.86. The fraction of sp³-hybridized carbons (Fsp3) is 0.529. The highest BCUT2D eigenvalue weighted by molar-refractivity contribution is 5.94. The molecule has 2 rings (SSSR count). The Morgan fingerprint density at radius 1 is 1.43 bits per heavy atom. The average Bonchev–Trinajstić information content (AvgIpc) is 2.53. The second-order valence-corrected chi connectivity index (χ2v) is 5.45. The van der Waals surface area contributed by atoms with Gasteiger partial charge in [0, 0.05) is 31.0 Å². The number of aromatic nitrogens is 1. The van der Waals surface area contributed by atoms with Crippen LogP contribution in [0, 0.1) is 17.8 Å². The zero-order valence-electron chi connectivity index (χ0n) is 12.5. The number of carbonyl (C=O) groups is 1. The number of aliphatic hydroxyl groups is 1. The Balaban J connectivity index is 2.00. The Kier molecular flexibility index (Phi) is 5.77. The molecule has 0 atom stereocenters. The van der Waals surface area contributed by atoms with Crippen LogP contribution in [-0.2, 0) is 0 Å². The quantitative estimate of drug-likeness (QED) is 0.866. The zero-order valence-corrected chi connectivity index (χ0v) is 12.5. The van der Waals surface area contributed by atoms with Gasteiger partial charge in [0.1, 0.15) is 6.61 Å². The van der Waals surface area contributed by atoms with Crippen molar-refractivity contribution in [3.05, 3.63) is 29.6 Å². The van der Waals surface area contributed by atoms with E-state index in [1.807, 2.05) is 4.90 Å². The van der Waals surface area contributed by atoms with Crippen molar-refractivity contribution in [2.24, 2.45) is 5.92 Å². The second-order valence-electron chi connectivity index (χ2n) is 5.45. The first-order valence-electron chi connectivity index (χ1n) is 7.58. The lowest BCUT2D eigenvalue weighted by molar-refractivity contribution is 0.0686. The van der Waals surface area contributed by atoms with E-state index in [2.05, 4.69) is 23.7 Å². The Labute approximate surface area is 126 Å². The van der Waals surface area contributed by atoms with Crippen LogP contribution in [0.5, 0.6) is 0 Å². The van der Waals surface area contributed by atoms with Crippen molar-refractivity contribution in [1.82, 2.24) is 9.88 Å². The molecule has 4 heteroatoms. The van der Waals surface area contributed by atoms with Gasteiger partial charge in [0.25, 0.3) is 5.91 Å². The molecule has 0 spiro atoms. The highest BCUT2D eigenvalue weighted by Crippen LogP contribution is 2.22. The van der Waals surface area contributed by atoms with Gasteiger partial charge in [0.15, 0.2) is 0 Å². The molecule has 21 heavy (non-hydrogen) atoms. The Bertz CT molecular complexity index is 537. The first kappa shape index (κ1) is 15.5. The molecule has 112 valence electrons. The molecule has 0 saturated carbocycles. The molecule has 4 nitrogen and oxygen atoms in total. The maximum Gasteiger partial charge on any atom is 0.255 e. The molecule has 0 aliphatic carbocycles.